The molecule has 1 amide bonds. The number of hydrogen-bond acceptors (Lipinski definition) is 3. The predicted molar refractivity (Wildman–Crippen MR) is 109 cm³/mol. The van der Waals surface area contributed by atoms with Gasteiger partial charge in [-0.25, -0.2) is 0 Å². The zero-order valence-electron chi connectivity index (χ0n) is 17.2. The highest BCUT2D eigenvalue weighted by atomic mass is 19.4. The Morgan fingerprint density at radius 3 is 2.52 bits per heavy atom. The first-order chi connectivity index (χ1) is 13.7. The molecule has 160 valence electrons. The van der Waals surface area contributed by atoms with E-state index in [9.17, 15) is 18.0 Å². The van der Waals surface area contributed by atoms with Crippen LogP contribution in [0.2, 0.25) is 0 Å². The number of nitrogens with zero attached hydrogens (tertiary/aromatic N) is 3. The molecule has 0 aromatic heterocycles. The number of halogens is 3. The van der Waals surface area contributed by atoms with Crippen molar-refractivity contribution in [2.24, 2.45) is 5.92 Å². The minimum Gasteiger partial charge on any atom is -0.369 e. The van der Waals surface area contributed by atoms with E-state index in [-0.39, 0.29) is 5.91 Å². The van der Waals surface area contributed by atoms with E-state index in [0.717, 1.165) is 45.1 Å². The van der Waals surface area contributed by atoms with Gasteiger partial charge < -0.3 is 9.80 Å². The molecule has 0 spiro atoms. The molecule has 0 aliphatic carbocycles. The van der Waals surface area contributed by atoms with Crippen molar-refractivity contribution in [2.75, 3.05) is 44.2 Å². The second kappa shape index (κ2) is 9.20. The van der Waals surface area contributed by atoms with E-state index in [1.165, 1.54) is 12.1 Å². The monoisotopic (exact) mass is 409 g/mol. The summed E-state index contributed by atoms with van der Waals surface area (Å²) in [5.74, 6) is 0.425. The molecular formula is C22H30F3N3O. The Hall–Kier alpha value is -2.02. The first kappa shape index (κ1) is 21.7. The molecule has 2 heterocycles. The molecule has 1 aromatic rings. The Kier molecular flexibility index (Phi) is 6.88. The summed E-state index contributed by atoms with van der Waals surface area (Å²) in [5, 5.41) is 0. The number of rotatable bonds is 4. The van der Waals surface area contributed by atoms with Crippen molar-refractivity contribution < 1.29 is 18.0 Å². The largest absolute Gasteiger partial charge is 0.416 e. The smallest absolute Gasteiger partial charge is 0.369 e. The van der Waals surface area contributed by atoms with Crippen molar-refractivity contribution in [3.8, 4) is 0 Å². The molecule has 3 rings (SSSR count). The standard InChI is InChI=1S/C22H30F3N3O/c1-17(2)8-9-21(29)28-10-4-7-20(16-28)27-13-11-26(12-14-27)19-6-3-5-18(15-19)22(23,24)25/h3,5-6,8-9,15,17,20H,4,7,10-14,16H2,1-2H3/b9-8+/t20-/m1/s1. The van der Waals surface area contributed by atoms with Crippen molar-refractivity contribution in [1.29, 1.82) is 0 Å². The number of anilines is 1. The van der Waals surface area contributed by atoms with E-state index in [4.69, 9.17) is 0 Å². The zero-order valence-corrected chi connectivity index (χ0v) is 17.2. The number of carbonyl (C=O) groups is 1. The topological polar surface area (TPSA) is 26.8 Å². The van der Waals surface area contributed by atoms with Gasteiger partial charge in [-0.1, -0.05) is 26.0 Å². The maximum Gasteiger partial charge on any atom is 0.416 e. The molecule has 2 aliphatic rings. The molecule has 1 atom stereocenters. The minimum absolute atomic E-state index is 0.0750. The van der Waals surface area contributed by atoms with Crippen LogP contribution < -0.4 is 4.90 Å². The summed E-state index contributed by atoms with van der Waals surface area (Å²) in [6.07, 6.45) is 1.33. The third kappa shape index (κ3) is 5.75. The summed E-state index contributed by atoms with van der Waals surface area (Å²) in [4.78, 5) is 18.7. The number of hydrogen-bond donors (Lipinski definition) is 0. The van der Waals surface area contributed by atoms with Crippen LogP contribution in [0, 0.1) is 5.92 Å². The van der Waals surface area contributed by atoms with Gasteiger partial charge >= 0.3 is 6.18 Å². The summed E-state index contributed by atoms with van der Waals surface area (Å²) >= 11 is 0. The lowest BCUT2D eigenvalue weighted by Gasteiger charge is -2.43. The molecule has 0 unspecified atom stereocenters. The maximum absolute atomic E-state index is 13.0. The number of likely N-dealkylation sites (tertiary alicyclic amines) is 1. The number of piperazine rings is 1. The van der Waals surface area contributed by atoms with Gasteiger partial charge in [0.05, 0.1) is 5.56 Å². The van der Waals surface area contributed by atoms with Crippen molar-refractivity contribution in [2.45, 2.75) is 38.9 Å². The molecule has 2 aliphatic heterocycles. The quantitative estimate of drug-likeness (QED) is 0.703. The number of piperidine rings is 1. The fourth-order valence-corrected chi connectivity index (χ4v) is 4.06. The van der Waals surface area contributed by atoms with Crippen molar-refractivity contribution in [3.63, 3.8) is 0 Å². The van der Waals surface area contributed by atoms with E-state index in [1.807, 2.05) is 29.7 Å². The predicted octanol–water partition coefficient (Wildman–Crippen LogP) is 4.03. The molecule has 4 nitrogen and oxygen atoms in total. The Bertz CT molecular complexity index is 724. The van der Waals surface area contributed by atoms with E-state index in [0.29, 0.717) is 30.7 Å². The van der Waals surface area contributed by atoms with Crippen molar-refractivity contribution in [1.82, 2.24) is 9.80 Å². The van der Waals surface area contributed by atoms with Gasteiger partial charge in [0.1, 0.15) is 0 Å². The molecule has 1 aromatic carbocycles. The van der Waals surface area contributed by atoms with Gasteiger partial charge in [-0.15, -0.1) is 0 Å². The lowest BCUT2D eigenvalue weighted by molar-refractivity contribution is -0.137. The molecule has 0 bridgehead atoms. The minimum atomic E-state index is -4.32. The van der Waals surface area contributed by atoms with Crippen LogP contribution in [0.3, 0.4) is 0 Å². The van der Waals surface area contributed by atoms with Crippen molar-refractivity contribution >= 4 is 11.6 Å². The van der Waals surface area contributed by atoms with Gasteiger partial charge in [-0.3, -0.25) is 9.69 Å². The number of alkyl halides is 3. The molecule has 29 heavy (non-hydrogen) atoms. The van der Waals surface area contributed by atoms with Crippen LogP contribution in [-0.4, -0.2) is 61.0 Å². The lowest BCUT2D eigenvalue weighted by atomic mass is 10.0. The highest BCUT2D eigenvalue weighted by Gasteiger charge is 2.32. The van der Waals surface area contributed by atoms with E-state index in [2.05, 4.69) is 4.90 Å². The van der Waals surface area contributed by atoms with Crippen LogP contribution >= 0.6 is 0 Å². The van der Waals surface area contributed by atoms with Gasteiger partial charge in [0.2, 0.25) is 5.91 Å². The van der Waals surface area contributed by atoms with Gasteiger partial charge in [0.15, 0.2) is 0 Å². The lowest BCUT2D eigenvalue weighted by Crippen LogP contribution is -2.55. The second-order valence-electron chi connectivity index (χ2n) is 8.25. The highest BCUT2D eigenvalue weighted by molar-refractivity contribution is 5.87. The number of amides is 1. The van der Waals surface area contributed by atoms with Crippen LogP contribution in [0.4, 0.5) is 18.9 Å². The molecule has 2 saturated heterocycles. The Morgan fingerprint density at radius 2 is 1.86 bits per heavy atom. The molecule has 0 radical (unpaired) electrons. The first-order valence-electron chi connectivity index (χ1n) is 10.4. The first-order valence-corrected chi connectivity index (χ1v) is 10.4. The van der Waals surface area contributed by atoms with Gasteiger partial charge in [-0.05, 0) is 43.0 Å². The molecule has 0 N–H and O–H groups in total. The summed E-state index contributed by atoms with van der Waals surface area (Å²) in [5.41, 5.74) is 0.0204. The molecule has 7 heteroatoms. The summed E-state index contributed by atoms with van der Waals surface area (Å²) < 4.78 is 38.9. The number of allylic oxidation sites excluding steroid dienone is 1. The average molecular weight is 409 g/mol. The Balaban J connectivity index is 1.56. The maximum atomic E-state index is 13.0. The zero-order chi connectivity index (χ0) is 21.0. The normalized spacial score (nSPS) is 21.9. The van der Waals surface area contributed by atoms with Crippen LogP contribution in [0.15, 0.2) is 36.4 Å². The van der Waals surface area contributed by atoms with Crippen LogP contribution in [0.25, 0.3) is 0 Å². The SMILES string of the molecule is CC(C)/C=C/C(=O)N1CCC[C@@H](N2CCN(c3cccc(C(F)(F)F)c3)CC2)C1. The van der Waals surface area contributed by atoms with Crippen LogP contribution in [0.5, 0.6) is 0 Å². The van der Waals surface area contributed by atoms with Crippen LogP contribution in [-0.2, 0) is 11.0 Å². The van der Waals surface area contributed by atoms with E-state index in [1.54, 1.807) is 12.1 Å². The van der Waals surface area contributed by atoms with Gasteiger partial charge in [-0.2, -0.15) is 13.2 Å². The molecule has 2 fully saturated rings. The van der Waals surface area contributed by atoms with E-state index >= 15 is 0 Å². The number of carbonyl (C=O) groups excluding carboxylic acids is 1. The average Bonchev–Trinajstić information content (AvgIpc) is 2.71. The number of benzene rings is 1. The van der Waals surface area contributed by atoms with E-state index < -0.39 is 11.7 Å². The highest BCUT2D eigenvalue weighted by Crippen LogP contribution is 2.32. The molecular weight excluding hydrogens is 379 g/mol. The third-order valence-corrected chi connectivity index (χ3v) is 5.70. The fraction of sp³-hybridized carbons (Fsp3) is 0.591. The summed E-state index contributed by atoms with van der Waals surface area (Å²) in [6, 6.07) is 5.88. The van der Waals surface area contributed by atoms with Crippen LogP contribution in [0.1, 0.15) is 32.3 Å². The Morgan fingerprint density at radius 1 is 1.14 bits per heavy atom. The summed E-state index contributed by atoms with van der Waals surface area (Å²) in [7, 11) is 0. The van der Waals surface area contributed by atoms with Crippen molar-refractivity contribution in [3.05, 3.63) is 42.0 Å². The summed E-state index contributed by atoms with van der Waals surface area (Å²) in [6.45, 7) is 8.60. The van der Waals surface area contributed by atoms with Gasteiger partial charge in [0, 0.05) is 51.0 Å². The second-order valence-corrected chi connectivity index (χ2v) is 8.25. The molecule has 0 saturated carbocycles. The fourth-order valence-electron chi connectivity index (χ4n) is 4.06. The third-order valence-electron chi connectivity index (χ3n) is 5.70. The van der Waals surface area contributed by atoms with Gasteiger partial charge in [0.25, 0.3) is 0 Å². The Labute approximate surface area is 171 Å².